The number of nitrogens with one attached hydrogen (secondary N) is 1. The molecule has 21 heavy (non-hydrogen) atoms. The quantitative estimate of drug-likeness (QED) is 0.906. The minimum Gasteiger partial charge on any atom is -0.280 e. The fourth-order valence-corrected chi connectivity index (χ4v) is 4.74. The number of thiophene rings is 1. The Labute approximate surface area is 131 Å². The third kappa shape index (κ3) is 3.66. The Kier molecular flexibility index (Phi) is 4.17. The molecule has 114 valence electrons. The zero-order chi connectivity index (χ0) is 15.8. The first-order chi connectivity index (χ1) is 9.59. The predicted octanol–water partition coefficient (Wildman–Crippen LogP) is 4.46. The molecule has 0 saturated carbocycles. The predicted molar refractivity (Wildman–Crippen MR) is 89.7 cm³/mol. The van der Waals surface area contributed by atoms with Crippen LogP contribution in [0.3, 0.4) is 0 Å². The van der Waals surface area contributed by atoms with Crippen LogP contribution in [0.25, 0.3) is 0 Å². The Morgan fingerprint density at radius 3 is 2.05 bits per heavy atom. The van der Waals surface area contributed by atoms with Crippen LogP contribution in [0.2, 0.25) is 0 Å². The van der Waals surface area contributed by atoms with Crippen LogP contribution < -0.4 is 4.72 Å². The maximum absolute atomic E-state index is 12.4. The van der Waals surface area contributed by atoms with Gasteiger partial charge in [-0.25, -0.2) is 8.42 Å². The van der Waals surface area contributed by atoms with Gasteiger partial charge in [-0.15, -0.1) is 11.3 Å². The van der Waals surface area contributed by atoms with Crippen molar-refractivity contribution in [1.82, 2.24) is 0 Å². The third-order valence-electron chi connectivity index (χ3n) is 3.29. The normalized spacial score (nSPS) is 12.4. The highest BCUT2D eigenvalue weighted by Crippen LogP contribution is 2.28. The molecular formula is C16H21NO2S2. The number of sulfonamides is 1. The largest absolute Gasteiger partial charge is 0.280 e. The average molecular weight is 323 g/mol. The van der Waals surface area contributed by atoms with Crippen LogP contribution in [0, 0.1) is 13.8 Å². The molecule has 1 heterocycles. The topological polar surface area (TPSA) is 46.2 Å². The maximum atomic E-state index is 12.4. The van der Waals surface area contributed by atoms with Crippen molar-refractivity contribution in [1.29, 1.82) is 0 Å². The number of rotatable bonds is 3. The molecule has 2 aromatic rings. The van der Waals surface area contributed by atoms with E-state index in [1.165, 1.54) is 16.9 Å². The van der Waals surface area contributed by atoms with Gasteiger partial charge < -0.3 is 0 Å². The molecule has 2 rings (SSSR count). The van der Waals surface area contributed by atoms with Crippen molar-refractivity contribution in [2.75, 3.05) is 4.72 Å². The lowest BCUT2D eigenvalue weighted by molar-refractivity contribution is 0.590. The smallest absolute Gasteiger partial charge is 0.262 e. The van der Waals surface area contributed by atoms with E-state index >= 15 is 0 Å². The second-order valence-corrected chi connectivity index (χ2v) is 9.32. The van der Waals surface area contributed by atoms with E-state index in [9.17, 15) is 8.42 Å². The summed E-state index contributed by atoms with van der Waals surface area (Å²) in [5, 5.41) is 0. The molecule has 0 aliphatic carbocycles. The minimum atomic E-state index is -3.51. The van der Waals surface area contributed by atoms with Gasteiger partial charge in [0.2, 0.25) is 0 Å². The fourth-order valence-electron chi connectivity index (χ4n) is 2.12. The average Bonchev–Trinajstić information content (AvgIpc) is 2.68. The molecular weight excluding hydrogens is 302 g/mol. The fraction of sp³-hybridized carbons (Fsp3) is 0.375. The lowest BCUT2D eigenvalue weighted by atomic mass is 9.87. The standard InChI is InChI=1S/C16H21NO2S2/c1-11-10-15(12(2)20-11)21(18,19)17-14-8-6-13(7-9-14)16(3,4)5/h6-10,17H,1-5H3. The highest BCUT2D eigenvalue weighted by atomic mass is 32.2. The lowest BCUT2D eigenvalue weighted by Gasteiger charge is -2.19. The van der Waals surface area contributed by atoms with Gasteiger partial charge in [-0.2, -0.15) is 0 Å². The molecule has 0 aliphatic rings. The van der Waals surface area contributed by atoms with E-state index in [0.717, 1.165) is 9.75 Å². The van der Waals surface area contributed by atoms with Crippen LogP contribution in [-0.4, -0.2) is 8.42 Å². The SMILES string of the molecule is Cc1cc(S(=O)(=O)Nc2ccc(C(C)(C)C)cc2)c(C)s1. The van der Waals surface area contributed by atoms with Gasteiger partial charge in [0, 0.05) is 15.4 Å². The summed E-state index contributed by atoms with van der Waals surface area (Å²) in [5.74, 6) is 0. The summed E-state index contributed by atoms with van der Waals surface area (Å²) in [4.78, 5) is 2.17. The van der Waals surface area contributed by atoms with Gasteiger partial charge in [-0.1, -0.05) is 32.9 Å². The number of anilines is 1. The first-order valence-corrected chi connectivity index (χ1v) is 9.10. The second kappa shape index (κ2) is 5.46. The van der Waals surface area contributed by atoms with Crippen LogP contribution in [-0.2, 0) is 15.4 Å². The van der Waals surface area contributed by atoms with Crippen molar-refractivity contribution in [3.8, 4) is 0 Å². The van der Waals surface area contributed by atoms with E-state index in [-0.39, 0.29) is 5.41 Å². The maximum Gasteiger partial charge on any atom is 0.262 e. The van der Waals surface area contributed by atoms with Crippen LogP contribution in [0.1, 0.15) is 36.1 Å². The molecule has 0 unspecified atom stereocenters. The molecule has 0 fully saturated rings. The first kappa shape index (κ1) is 16.0. The van der Waals surface area contributed by atoms with Gasteiger partial charge in [-0.05, 0) is 43.0 Å². The van der Waals surface area contributed by atoms with Gasteiger partial charge in [0.15, 0.2) is 0 Å². The van der Waals surface area contributed by atoms with Crippen molar-refractivity contribution in [2.24, 2.45) is 0 Å². The molecule has 0 aliphatic heterocycles. The highest BCUT2D eigenvalue weighted by molar-refractivity contribution is 7.93. The van der Waals surface area contributed by atoms with Crippen LogP contribution in [0.4, 0.5) is 5.69 Å². The van der Waals surface area contributed by atoms with Gasteiger partial charge in [-0.3, -0.25) is 4.72 Å². The molecule has 5 heteroatoms. The van der Waals surface area contributed by atoms with Crippen molar-refractivity contribution in [3.05, 3.63) is 45.6 Å². The molecule has 3 nitrogen and oxygen atoms in total. The summed E-state index contributed by atoms with van der Waals surface area (Å²) >= 11 is 1.49. The molecule has 0 atom stereocenters. The Hall–Kier alpha value is -1.33. The number of hydrogen-bond donors (Lipinski definition) is 1. The Balaban J connectivity index is 2.27. The Morgan fingerprint density at radius 1 is 1.05 bits per heavy atom. The Morgan fingerprint density at radius 2 is 1.62 bits per heavy atom. The summed E-state index contributed by atoms with van der Waals surface area (Å²) in [6, 6.07) is 9.26. The van der Waals surface area contributed by atoms with E-state index in [4.69, 9.17) is 0 Å². The molecule has 0 bridgehead atoms. The van der Waals surface area contributed by atoms with Gasteiger partial charge >= 0.3 is 0 Å². The molecule has 1 N–H and O–H groups in total. The zero-order valence-electron chi connectivity index (χ0n) is 13.0. The monoisotopic (exact) mass is 323 g/mol. The summed E-state index contributed by atoms with van der Waals surface area (Å²) in [7, 11) is -3.51. The summed E-state index contributed by atoms with van der Waals surface area (Å²) in [5.41, 5.74) is 1.82. The van der Waals surface area contributed by atoms with Gasteiger partial charge in [0.1, 0.15) is 4.90 Å². The third-order valence-corrected chi connectivity index (χ3v) is 5.89. The van der Waals surface area contributed by atoms with Crippen LogP contribution in [0.15, 0.2) is 35.2 Å². The molecule has 1 aromatic heterocycles. The molecule has 0 radical (unpaired) electrons. The molecule has 0 spiro atoms. The van der Waals surface area contributed by atoms with Gasteiger partial charge in [0.05, 0.1) is 0 Å². The van der Waals surface area contributed by atoms with Crippen LogP contribution >= 0.6 is 11.3 Å². The summed E-state index contributed by atoms with van der Waals surface area (Å²) in [6.45, 7) is 10.1. The lowest BCUT2D eigenvalue weighted by Crippen LogP contribution is -2.14. The molecule has 0 amide bonds. The van der Waals surface area contributed by atoms with Crippen LogP contribution in [0.5, 0.6) is 0 Å². The minimum absolute atomic E-state index is 0.0540. The van der Waals surface area contributed by atoms with Crippen molar-refractivity contribution >= 4 is 27.0 Å². The second-order valence-electron chi connectivity index (χ2n) is 6.21. The van der Waals surface area contributed by atoms with Gasteiger partial charge in [0.25, 0.3) is 10.0 Å². The molecule has 1 aromatic carbocycles. The van der Waals surface area contributed by atoms with Crippen molar-refractivity contribution in [2.45, 2.75) is 44.9 Å². The van der Waals surface area contributed by atoms with E-state index in [2.05, 4.69) is 25.5 Å². The van der Waals surface area contributed by atoms with E-state index in [1.54, 1.807) is 6.07 Å². The number of benzene rings is 1. The summed E-state index contributed by atoms with van der Waals surface area (Å²) < 4.78 is 27.5. The zero-order valence-corrected chi connectivity index (χ0v) is 14.7. The number of hydrogen-bond acceptors (Lipinski definition) is 3. The van der Waals surface area contributed by atoms with E-state index in [1.807, 2.05) is 38.1 Å². The van der Waals surface area contributed by atoms with Crippen molar-refractivity contribution < 1.29 is 8.42 Å². The van der Waals surface area contributed by atoms with Crippen molar-refractivity contribution in [3.63, 3.8) is 0 Å². The summed E-state index contributed by atoms with van der Waals surface area (Å²) in [6.07, 6.45) is 0. The Bertz CT molecular complexity index is 736. The molecule has 0 saturated heterocycles. The van der Waals surface area contributed by atoms with E-state index < -0.39 is 10.0 Å². The first-order valence-electron chi connectivity index (χ1n) is 6.80. The number of aryl methyl sites for hydroxylation is 2. The highest BCUT2D eigenvalue weighted by Gasteiger charge is 2.19. The van der Waals surface area contributed by atoms with E-state index in [0.29, 0.717) is 10.6 Å².